The number of ether oxygens (including phenoxy) is 3. The third kappa shape index (κ3) is 2.72. The molecular formula is C14H20O3. The van der Waals surface area contributed by atoms with Crippen molar-refractivity contribution in [2.24, 2.45) is 5.92 Å². The molecule has 0 aliphatic carbocycles. The zero-order chi connectivity index (χ0) is 12.4. The van der Waals surface area contributed by atoms with Gasteiger partial charge in [-0.25, -0.2) is 0 Å². The first-order valence-corrected chi connectivity index (χ1v) is 6.02. The SMILES string of the molecule is COc1ccc(OC)c(CC(C)C2OC2C)c1. The third-order valence-electron chi connectivity index (χ3n) is 3.35. The minimum absolute atomic E-state index is 0.394. The Balaban J connectivity index is 2.12. The van der Waals surface area contributed by atoms with Crippen LogP contribution in [0.4, 0.5) is 0 Å². The Morgan fingerprint density at radius 2 is 2.00 bits per heavy atom. The van der Waals surface area contributed by atoms with Gasteiger partial charge in [-0.1, -0.05) is 6.92 Å². The minimum Gasteiger partial charge on any atom is -0.497 e. The van der Waals surface area contributed by atoms with E-state index in [0.717, 1.165) is 17.9 Å². The largest absolute Gasteiger partial charge is 0.497 e. The van der Waals surface area contributed by atoms with Gasteiger partial charge in [0.2, 0.25) is 0 Å². The van der Waals surface area contributed by atoms with E-state index in [0.29, 0.717) is 18.1 Å². The second kappa shape index (κ2) is 4.96. The molecule has 0 N–H and O–H groups in total. The van der Waals surface area contributed by atoms with E-state index >= 15 is 0 Å². The van der Waals surface area contributed by atoms with Crippen molar-refractivity contribution in [2.45, 2.75) is 32.5 Å². The predicted octanol–water partition coefficient (Wildman–Crippen LogP) is 2.67. The van der Waals surface area contributed by atoms with E-state index < -0.39 is 0 Å². The number of hydrogen-bond donors (Lipinski definition) is 0. The summed E-state index contributed by atoms with van der Waals surface area (Å²) in [6, 6.07) is 5.92. The van der Waals surface area contributed by atoms with Crippen molar-refractivity contribution in [1.82, 2.24) is 0 Å². The smallest absolute Gasteiger partial charge is 0.122 e. The number of rotatable bonds is 5. The molecule has 3 unspecified atom stereocenters. The van der Waals surface area contributed by atoms with Crippen LogP contribution in [-0.2, 0) is 11.2 Å². The van der Waals surface area contributed by atoms with Crippen LogP contribution >= 0.6 is 0 Å². The Morgan fingerprint density at radius 3 is 2.53 bits per heavy atom. The highest BCUT2D eigenvalue weighted by Gasteiger charge is 2.38. The molecule has 0 spiro atoms. The quantitative estimate of drug-likeness (QED) is 0.736. The lowest BCUT2D eigenvalue weighted by atomic mass is 9.96. The van der Waals surface area contributed by atoms with Crippen molar-refractivity contribution in [1.29, 1.82) is 0 Å². The second-order valence-electron chi connectivity index (χ2n) is 4.67. The molecule has 94 valence electrons. The Bertz CT molecular complexity index is 389. The van der Waals surface area contributed by atoms with Gasteiger partial charge in [0.25, 0.3) is 0 Å². The van der Waals surface area contributed by atoms with Crippen LogP contribution in [0.25, 0.3) is 0 Å². The van der Waals surface area contributed by atoms with Crippen LogP contribution in [0.5, 0.6) is 11.5 Å². The molecule has 0 bridgehead atoms. The fraction of sp³-hybridized carbons (Fsp3) is 0.571. The van der Waals surface area contributed by atoms with E-state index in [2.05, 4.69) is 13.8 Å². The van der Waals surface area contributed by atoms with E-state index in [1.54, 1.807) is 14.2 Å². The second-order valence-corrected chi connectivity index (χ2v) is 4.67. The molecule has 3 atom stereocenters. The highest BCUT2D eigenvalue weighted by atomic mass is 16.6. The fourth-order valence-corrected chi connectivity index (χ4v) is 2.30. The summed E-state index contributed by atoms with van der Waals surface area (Å²) >= 11 is 0. The summed E-state index contributed by atoms with van der Waals surface area (Å²) in [6.07, 6.45) is 1.75. The van der Waals surface area contributed by atoms with Crippen LogP contribution in [0.15, 0.2) is 18.2 Å². The highest BCUT2D eigenvalue weighted by molar-refractivity contribution is 5.40. The molecule has 3 heteroatoms. The lowest BCUT2D eigenvalue weighted by Gasteiger charge is -2.13. The lowest BCUT2D eigenvalue weighted by Crippen LogP contribution is -2.10. The first-order chi connectivity index (χ1) is 8.15. The maximum atomic E-state index is 5.51. The zero-order valence-electron chi connectivity index (χ0n) is 10.9. The number of methoxy groups -OCH3 is 2. The Hall–Kier alpha value is -1.22. The average molecular weight is 236 g/mol. The van der Waals surface area contributed by atoms with Gasteiger partial charge in [0.15, 0.2) is 0 Å². The molecule has 3 nitrogen and oxygen atoms in total. The summed E-state index contributed by atoms with van der Waals surface area (Å²) < 4.78 is 16.1. The van der Waals surface area contributed by atoms with Crippen molar-refractivity contribution < 1.29 is 14.2 Å². The molecule has 0 radical (unpaired) electrons. The van der Waals surface area contributed by atoms with Gasteiger partial charge in [0, 0.05) is 0 Å². The standard InChI is InChI=1S/C14H20O3/c1-9(14-10(2)17-14)7-11-8-12(15-3)5-6-13(11)16-4/h5-6,8-10,14H,7H2,1-4H3. The van der Waals surface area contributed by atoms with E-state index in [1.165, 1.54) is 5.56 Å². The summed E-state index contributed by atoms with van der Waals surface area (Å²) in [5.41, 5.74) is 1.18. The molecular weight excluding hydrogens is 216 g/mol. The summed E-state index contributed by atoms with van der Waals surface area (Å²) in [6.45, 7) is 4.33. The molecule has 1 fully saturated rings. The molecule has 0 aromatic heterocycles. The van der Waals surface area contributed by atoms with Crippen LogP contribution in [0.3, 0.4) is 0 Å². The molecule has 1 heterocycles. The average Bonchev–Trinajstić information content (AvgIpc) is 3.06. The van der Waals surface area contributed by atoms with Crippen LogP contribution < -0.4 is 9.47 Å². The van der Waals surface area contributed by atoms with E-state index in [-0.39, 0.29) is 0 Å². The van der Waals surface area contributed by atoms with Crippen molar-refractivity contribution in [3.05, 3.63) is 23.8 Å². The van der Waals surface area contributed by atoms with E-state index in [9.17, 15) is 0 Å². The maximum absolute atomic E-state index is 5.51. The molecule has 0 amide bonds. The van der Waals surface area contributed by atoms with Crippen molar-refractivity contribution in [2.75, 3.05) is 14.2 Å². The third-order valence-corrected chi connectivity index (χ3v) is 3.35. The maximum Gasteiger partial charge on any atom is 0.122 e. The topological polar surface area (TPSA) is 31.0 Å². The molecule has 17 heavy (non-hydrogen) atoms. The highest BCUT2D eigenvalue weighted by Crippen LogP contribution is 2.34. The Labute approximate surface area is 103 Å². The van der Waals surface area contributed by atoms with E-state index in [4.69, 9.17) is 14.2 Å². The van der Waals surface area contributed by atoms with Gasteiger partial charge in [-0.2, -0.15) is 0 Å². The minimum atomic E-state index is 0.394. The summed E-state index contributed by atoms with van der Waals surface area (Å²) in [4.78, 5) is 0. The Kier molecular flexibility index (Phi) is 3.57. The molecule has 1 aromatic carbocycles. The number of epoxide rings is 1. The molecule has 1 saturated heterocycles. The van der Waals surface area contributed by atoms with Gasteiger partial charge in [-0.15, -0.1) is 0 Å². The van der Waals surface area contributed by atoms with Gasteiger partial charge in [0.05, 0.1) is 26.4 Å². The van der Waals surface area contributed by atoms with E-state index in [1.807, 2.05) is 18.2 Å². The fourth-order valence-electron chi connectivity index (χ4n) is 2.30. The lowest BCUT2D eigenvalue weighted by molar-refractivity contribution is 0.325. The zero-order valence-corrected chi connectivity index (χ0v) is 10.9. The first kappa shape index (κ1) is 12.2. The van der Waals surface area contributed by atoms with Crippen molar-refractivity contribution >= 4 is 0 Å². The first-order valence-electron chi connectivity index (χ1n) is 6.02. The number of benzene rings is 1. The van der Waals surface area contributed by atoms with Crippen molar-refractivity contribution in [3.8, 4) is 11.5 Å². The molecule has 1 aromatic rings. The summed E-state index contributed by atoms with van der Waals surface area (Å²) in [7, 11) is 3.38. The van der Waals surface area contributed by atoms with Gasteiger partial charge >= 0.3 is 0 Å². The van der Waals surface area contributed by atoms with Gasteiger partial charge in [-0.05, 0) is 43.0 Å². The molecule has 1 aliphatic heterocycles. The van der Waals surface area contributed by atoms with Crippen LogP contribution in [0, 0.1) is 5.92 Å². The van der Waals surface area contributed by atoms with Gasteiger partial charge in [0.1, 0.15) is 11.5 Å². The number of hydrogen-bond acceptors (Lipinski definition) is 3. The Morgan fingerprint density at radius 1 is 1.29 bits per heavy atom. The van der Waals surface area contributed by atoms with Crippen molar-refractivity contribution in [3.63, 3.8) is 0 Å². The molecule has 2 rings (SSSR count). The molecule has 0 saturated carbocycles. The monoisotopic (exact) mass is 236 g/mol. The van der Waals surface area contributed by atoms with Crippen LogP contribution in [0.1, 0.15) is 19.4 Å². The van der Waals surface area contributed by atoms with Crippen LogP contribution in [0.2, 0.25) is 0 Å². The predicted molar refractivity (Wildman–Crippen MR) is 66.7 cm³/mol. The van der Waals surface area contributed by atoms with Crippen LogP contribution in [-0.4, -0.2) is 26.4 Å². The molecule has 1 aliphatic rings. The summed E-state index contributed by atoms with van der Waals surface area (Å²) in [5, 5.41) is 0. The summed E-state index contributed by atoms with van der Waals surface area (Å²) in [5.74, 6) is 2.30. The van der Waals surface area contributed by atoms with Gasteiger partial charge in [-0.3, -0.25) is 0 Å². The van der Waals surface area contributed by atoms with Gasteiger partial charge < -0.3 is 14.2 Å². The normalized spacial score (nSPS) is 24.2.